The standard InChI is InChI=1S/C12H24N2O5S/c1-11(2,3)19-10(15)14-7-5-6-12(16,9-14)8-13-20(4,17)18/h13,16H,5-9H2,1-4H3. The second-order valence-electron chi connectivity index (χ2n) is 6.32. The number of hydrogen-bond acceptors (Lipinski definition) is 5. The van der Waals surface area contributed by atoms with Gasteiger partial charge < -0.3 is 14.7 Å². The molecular formula is C12H24N2O5S. The van der Waals surface area contributed by atoms with Crippen molar-refractivity contribution in [3.63, 3.8) is 0 Å². The first kappa shape index (κ1) is 17.2. The Labute approximate surface area is 120 Å². The van der Waals surface area contributed by atoms with Gasteiger partial charge in [0, 0.05) is 13.1 Å². The number of β-amino-alcohol motifs (C(OH)–C–C–N with tert-alkyl or cyclic N) is 1. The number of ether oxygens (including phenoxy) is 1. The molecule has 1 amide bonds. The fourth-order valence-corrected chi connectivity index (χ4v) is 2.54. The highest BCUT2D eigenvalue weighted by Gasteiger charge is 2.37. The van der Waals surface area contributed by atoms with Crippen LogP contribution in [0.4, 0.5) is 4.79 Å². The Kier molecular flexibility index (Phi) is 5.04. The number of carbonyl (C=O) groups excluding carboxylic acids is 1. The normalized spacial score (nSPS) is 24.6. The molecule has 0 aliphatic carbocycles. The number of hydrogen-bond donors (Lipinski definition) is 2. The Morgan fingerprint density at radius 1 is 1.45 bits per heavy atom. The van der Waals surface area contributed by atoms with Crippen LogP contribution in [0, 0.1) is 0 Å². The van der Waals surface area contributed by atoms with Gasteiger partial charge in [-0.25, -0.2) is 17.9 Å². The number of piperidine rings is 1. The van der Waals surface area contributed by atoms with Gasteiger partial charge in [-0.15, -0.1) is 0 Å². The Morgan fingerprint density at radius 3 is 2.55 bits per heavy atom. The molecule has 1 saturated heterocycles. The lowest BCUT2D eigenvalue weighted by Crippen LogP contribution is -2.56. The summed E-state index contributed by atoms with van der Waals surface area (Å²) in [5.41, 5.74) is -1.85. The predicted molar refractivity (Wildman–Crippen MR) is 74.8 cm³/mol. The molecule has 1 unspecified atom stereocenters. The van der Waals surface area contributed by atoms with Gasteiger partial charge in [0.2, 0.25) is 10.0 Å². The maximum Gasteiger partial charge on any atom is 0.410 e. The summed E-state index contributed by atoms with van der Waals surface area (Å²) in [6.45, 7) is 5.76. The average molecular weight is 308 g/mol. The summed E-state index contributed by atoms with van der Waals surface area (Å²) < 4.78 is 29.7. The molecule has 1 rings (SSSR count). The number of rotatable bonds is 3. The minimum atomic E-state index is -3.37. The molecule has 1 aliphatic rings. The zero-order valence-electron chi connectivity index (χ0n) is 12.5. The van der Waals surface area contributed by atoms with E-state index in [1.54, 1.807) is 20.8 Å². The van der Waals surface area contributed by atoms with Crippen LogP contribution < -0.4 is 4.72 Å². The van der Waals surface area contributed by atoms with Crippen molar-refractivity contribution in [1.82, 2.24) is 9.62 Å². The Hall–Kier alpha value is -0.860. The topological polar surface area (TPSA) is 95.9 Å². The van der Waals surface area contributed by atoms with E-state index in [9.17, 15) is 18.3 Å². The number of amides is 1. The maximum absolute atomic E-state index is 12.0. The SMILES string of the molecule is CC(C)(C)OC(=O)N1CCCC(O)(CNS(C)(=O)=O)C1. The highest BCUT2D eigenvalue weighted by Crippen LogP contribution is 2.22. The highest BCUT2D eigenvalue weighted by molar-refractivity contribution is 7.88. The van der Waals surface area contributed by atoms with E-state index in [0.29, 0.717) is 19.4 Å². The van der Waals surface area contributed by atoms with Crippen molar-refractivity contribution in [3.8, 4) is 0 Å². The van der Waals surface area contributed by atoms with Gasteiger partial charge in [0.1, 0.15) is 5.60 Å². The van der Waals surface area contributed by atoms with Gasteiger partial charge in [0.15, 0.2) is 0 Å². The van der Waals surface area contributed by atoms with Gasteiger partial charge in [-0.3, -0.25) is 0 Å². The van der Waals surface area contributed by atoms with Gasteiger partial charge in [-0.1, -0.05) is 0 Å². The lowest BCUT2D eigenvalue weighted by Gasteiger charge is -2.39. The lowest BCUT2D eigenvalue weighted by atomic mass is 9.93. The molecular weight excluding hydrogens is 284 g/mol. The van der Waals surface area contributed by atoms with Crippen LogP contribution in [0.1, 0.15) is 33.6 Å². The molecule has 1 atom stereocenters. The van der Waals surface area contributed by atoms with Crippen molar-refractivity contribution in [2.45, 2.75) is 44.8 Å². The molecule has 20 heavy (non-hydrogen) atoms. The molecule has 0 spiro atoms. The van der Waals surface area contributed by atoms with Gasteiger partial charge in [0.05, 0.1) is 18.4 Å². The zero-order chi connectivity index (χ0) is 15.6. The lowest BCUT2D eigenvalue weighted by molar-refractivity contribution is -0.0393. The monoisotopic (exact) mass is 308 g/mol. The van der Waals surface area contributed by atoms with E-state index in [-0.39, 0.29) is 13.1 Å². The van der Waals surface area contributed by atoms with E-state index in [0.717, 1.165) is 6.26 Å². The van der Waals surface area contributed by atoms with Crippen LogP contribution in [-0.2, 0) is 14.8 Å². The third-order valence-corrected chi connectivity index (χ3v) is 3.54. The fourth-order valence-electron chi connectivity index (χ4n) is 2.00. The van der Waals surface area contributed by atoms with E-state index in [4.69, 9.17) is 4.74 Å². The van der Waals surface area contributed by atoms with Crippen molar-refractivity contribution >= 4 is 16.1 Å². The van der Waals surface area contributed by atoms with Gasteiger partial charge in [0.25, 0.3) is 0 Å². The van der Waals surface area contributed by atoms with Crippen molar-refractivity contribution in [3.05, 3.63) is 0 Å². The summed E-state index contributed by atoms with van der Waals surface area (Å²) in [7, 11) is -3.37. The number of nitrogens with one attached hydrogen (secondary N) is 1. The molecule has 1 heterocycles. The summed E-state index contributed by atoms with van der Waals surface area (Å²) in [4.78, 5) is 13.4. The van der Waals surface area contributed by atoms with E-state index < -0.39 is 27.3 Å². The summed E-state index contributed by atoms with van der Waals surface area (Å²) in [6.07, 6.45) is 1.58. The molecule has 0 saturated carbocycles. The summed E-state index contributed by atoms with van der Waals surface area (Å²) in [6, 6.07) is 0. The predicted octanol–water partition coefficient (Wildman–Crippen LogP) is 0.298. The molecule has 1 aliphatic heterocycles. The molecule has 2 N–H and O–H groups in total. The Bertz CT molecular complexity index is 457. The molecule has 1 fully saturated rings. The molecule has 0 aromatic carbocycles. The first-order chi connectivity index (χ1) is 8.90. The van der Waals surface area contributed by atoms with Crippen LogP contribution >= 0.6 is 0 Å². The fraction of sp³-hybridized carbons (Fsp3) is 0.917. The number of carbonyl (C=O) groups is 1. The van der Waals surface area contributed by atoms with Gasteiger partial charge >= 0.3 is 6.09 Å². The Balaban J connectivity index is 2.63. The first-order valence-electron chi connectivity index (χ1n) is 6.55. The number of nitrogens with zero attached hydrogens (tertiary/aromatic N) is 1. The molecule has 8 heteroatoms. The largest absolute Gasteiger partial charge is 0.444 e. The van der Waals surface area contributed by atoms with Crippen LogP contribution in [0.3, 0.4) is 0 Å². The second kappa shape index (κ2) is 5.87. The minimum Gasteiger partial charge on any atom is -0.444 e. The number of aliphatic hydroxyl groups is 1. The smallest absolute Gasteiger partial charge is 0.410 e. The molecule has 7 nitrogen and oxygen atoms in total. The van der Waals surface area contributed by atoms with Crippen LogP contribution in [0.5, 0.6) is 0 Å². The molecule has 0 aromatic heterocycles. The van der Waals surface area contributed by atoms with E-state index in [1.165, 1.54) is 4.90 Å². The quantitative estimate of drug-likeness (QED) is 0.781. The van der Waals surface area contributed by atoms with Crippen molar-refractivity contribution in [2.75, 3.05) is 25.9 Å². The second-order valence-corrected chi connectivity index (χ2v) is 8.16. The first-order valence-corrected chi connectivity index (χ1v) is 8.44. The number of sulfonamides is 1. The molecule has 0 bridgehead atoms. The van der Waals surface area contributed by atoms with Crippen molar-refractivity contribution < 1.29 is 23.1 Å². The highest BCUT2D eigenvalue weighted by atomic mass is 32.2. The van der Waals surface area contributed by atoms with Crippen LogP contribution in [0.2, 0.25) is 0 Å². The number of likely N-dealkylation sites (tertiary alicyclic amines) is 1. The molecule has 0 aromatic rings. The van der Waals surface area contributed by atoms with Crippen molar-refractivity contribution in [1.29, 1.82) is 0 Å². The molecule has 118 valence electrons. The summed E-state index contributed by atoms with van der Waals surface area (Å²) in [5.74, 6) is 0. The third kappa shape index (κ3) is 6.06. The van der Waals surface area contributed by atoms with Crippen LogP contribution in [0.15, 0.2) is 0 Å². The zero-order valence-corrected chi connectivity index (χ0v) is 13.3. The molecule has 0 radical (unpaired) electrons. The summed E-state index contributed by atoms with van der Waals surface area (Å²) in [5, 5.41) is 10.4. The van der Waals surface area contributed by atoms with E-state index in [1.807, 2.05) is 0 Å². The van der Waals surface area contributed by atoms with E-state index in [2.05, 4.69) is 4.72 Å². The van der Waals surface area contributed by atoms with Crippen molar-refractivity contribution in [2.24, 2.45) is 0 Å². The minimum absolute atomic E-state index is 0.0600. The van der Waals surface area contributed by atoms with E-state index >= 15 is 0 Å². The van der Waals surface area contributed by atoms with Gasteiger partial charge in [-0.05, 0) is 33.6 Å². The average Bonchev–Trinajstić information content (AvgIpc) is 2.23. The van der Waals surface area contributed by atoms with Crippen LogP contribution in [-0.4, -0.2) is 61.6 Å². The third-order valence-electron chi connectivity index (χ3n) is 2.87. The van der Waals surface area contributed by atoms with Gasteiger partial charge in [-0.2, -0.15) is 0 Å². The maximum atomic E-state index is 12.0. The Morgan fingerprint density at radius 2 is 2.05 bits per heavy atom. The van der Waals surface area contributed by atoms with Crippen LogP contribution in [0.25, 0.3) is 0 Å². The summed E-state index contributed by atoms with van der Waals surface area (Å²) >= 11 is 0.